The van der Waals surface area contributed by atoms with E-state index in [-0.39, 0.29) is 17.7 Å². The molecular weight excluding hydrogens is 270 g/mol. The number of carbonyl (C=O) groups excluding carboxylic acids is 1. The molecule has 0 aromatic carbocycles. The normalized spacial score (nSPS) is 21.0. The van der Waals surface area contributed by atoms with Crippen LogP contribution in [0.1, 0.15) is 26.3 Å². The monoisotopic (exact) mass is 293 g/mol. The molecule has 1 aromatic heterocycles. The molecule has 21 heavy (non-hydrogen) atoms. The van der Waals surface area contributed by atoms with Crippen molar-refractivity contribution in [3.8, 4) is 5.88 Å². The number of amides is 2. The molecule has 1 N–H and O–H groups in total. The molecule has 1 atom stereocenters. The van der Waals surface area contributed by atoms with Crippen LogP contribution in [-0.2, 0) is 11.3 Å². The van der Waals surface area contributed by atoms with Crippen molar-refractivity contribution in [3.63, 3.8) is 0 Å². The van der Waals surface area contributed by atoms with Gasteiger partial charge in [-0.2, -0.15) is 0 Å². The zero-order valence-electron chi connectivity index (χ0n) is 13.0. The maximum atomic E-state index is 12.2. The maximum absolute atomic E-state index is 12.2. The van der Waals surface area contributed by atoms with Gasteiger partial charge in [0.15, 0.2) is 0 Å². The molecule has 0 aliphatic carbocycles. The van der Waals surface area contributed by atoms with Crippen LogP contribution in [0.5, 0.6) is 5.88 Å². The summed E-state index contributed by atoms with van der Waals surface area (Å²) in [6.07, 6.45) is 1.74. The predicted molar refractivity (Wildman–Crippen MR) is 79.2 cm³/mol. The summed E-state index contributed by atoms with van der Waals surface area (Å²) in [5.74, 6) is 0.564. The first kappa shape index (κ1) is 15.6. The van der Waals surface area contributed by atoms with Crippen molar-refractivity contribution in [1.82, 2.24) is 15.2 Å². The number of nitrogens with one attached hydrogen (secondary N) is 1. The molecule has 0 radical (unpaired) electrons. The first-order chi connectivity index (χ1) is 9.89. The number of hydrogen-bond donors (Lipinski definition) is 1. The van der Waals surface area contributed by atoms with Crippen LogP contribution in [-0.4, -0.2) is 47.8 Å². The Bertz CT molecular complexity index is 487. The molecule has 1 saturated heterocycles. The Morgan fingerprint density at radius 1 is 1.57 bits per heavy atom. The van der Waals surface area contributed by atoms with Crippen molar-refractivity contribution >= 4 is 6.03 Å². The van der Waals surface area contributed by atoms with Crippen molar-refractivity contribution < 1.29 is 14.3 Å². The second kappa shape index (κ2) is 6.30. The summed E-state index contributed by atoms with van der Waals surface area (Å²) in [6, 6.07) is 3.59. The lowest BCUT2D eigenvalue weighted by Gasteiger charge is -2.41. The van der Waals surface area contributed by atoms with Gasteiger partial charge in [-0.1, -0.05) is 6.07 Å². The molecule has 2 heterocycles. The number of carbonyl (C=O) groups is 1. The number of morpholine rings is 1. The Morgan fingerprint density at radius 3 is 2.90 bits per heavy atom. The molecule has 0 bridgehead atoms. The summed E-state index contributed by atoms with van der Waals surface area (Å²) < 4.78 is 10.8. The lowest BCUT2D eigenvalue weighted by molar-refractivity contribution is -0.117. The molecule has 116 valence electrons. The Hall–Kier alpha value is -1.82. The highest BCUT2D eigenvalue weighted by atomic mass is 16.5. The van der Waals surface area contributed by atoms with Gasteiger partial charge in [-0.15, -0.1) is 0 Å². The summed E-state index contributed by atoms with van der Waals surface area (Å²) in [4.78, 5) is 18.2. The third-order valence-electron chi connectivity index (χ3n) is 3.31. The maximum Gasteiger partial charge on any atom is 0.317 e. The standard InChI is InChI=1S/C15H23N3O3/c1-11-9-18(10-15(2,3)21-11)14(19)17-8-12-5-6-13(20-4)16-7-12/h5-7,11H,8-10H2,1-4H3,(H,17,19). The van der Waals surface area contributed by atoms with Crippen LogP contribution in [0.25, 0.3) is 0 Å². The average Bonchev–Trinajstić information content (AvgIpc) is 2.43. The highest BCUT2D eigenvalue weighted by Crippen LogP contribution is 2.20. The van der Waals surface area contributed by atoms with Crippen LogP contribution in [0.15, 0.2) is 18.3 Å². The van der Waals surface area contributed by atoms with E-state index in [9.17, 15) is 4.79 Å². The van der Waals surface area contributed by atoms with Gasteiger partial charge in [0.2, 0.25) is 5.88 Å². The van der Waals surface area contributed by atoms with Crippen molar-refractivity contribution in [1.29, 1.82) is 0 Å². The Balaban J connectivity index is 1.88. The Morgan fingerprint density at radius 2 is 2.33 bits per heavy atom. The van der Waals surface area contributed by atoms with E-state index < -0.39 is 0 Å². The number of methoxy groups -OCH3 is 1. The fourth-order valence-corrected chi connectivity index (χ4v) is 2.53. The lowest BCUT2D eigenvalue weighted by atomic mass is 10.1. The van der Waals surface area contributed by atoms with E-state index in [1.807, 2.05) is 26.8 Å². The van der Waals surface area contributed by atoms with E-state index >= 15 is 0 Å². The smallest absolute Gasteiger partial charge is 0.317 e. The van der Waals surface area contributed by atoms with Gasteiger partial charge in [-0.05, 0) is 26.3 Å². The SMILES string of the molecule is COc1ccc(CNC(=O)N2CC(C)OC(C)(C)C2)cn1. The minimum absolute atomic E-state index is 0.0437. The summed E-state index contributed by atoms with van der Waals surface area (Å²) in [5.41, 5.74) is 0.626. The highest BCUT2D eigenvalue weighted by molar-refractivity contribution is 5.74. The molecule has 1 fully saturated rings. The molecule has 6 heteroatoms. The van der Waals surface area contributed by atoms with Gasteiger partial charge in [0.1, 0.15) is 0 Å². The first-order valence-electron chi connectivity index (χ1n) is 7.09. The van der Waals surface area contributed by atoms with Crippen molar-refractivity contribution in [2.75, 3.05) is 20.2 Å². The summed E-state index contributed by atoms with van der Waals surface area (Å²) in [7, 11) is 1.57. The van der Waals surface area contributed by atoms with E-state index in [1.165, 1.54) is 0 Å². The minimum atomic E-state index is -0.309. The van der Waals surface area contributed by atoms with Crippen LogP contribution in [0.3, 0.4) is 0 Å². The van der Waals surface area contributed by atoms with Gasteiger partial charge >= 0.3 is 6.03 Å². The quantitative estimate of drug-likeness (QED) is 0.923. The molecule has 1 aliphatic heterocycles. The minimum Gasteiger partial charge on any atom is -0.481 e. The van der Waals surface area contributed by atoms with Crippen molar-refractivity contribution in [3.05, 3.63) is 23.9 Å². The van der Waals surface area contributed by atoms with Crippen molar-refractivity contribution in [2.24, 2.45) is 0 Å². The summed E-state index contributed by atoms with van der Waals surface area (Å²) >= 11 is 0. The number of urea groups is 1. The zero-order valence-corrected chi connectivity index (χ0v) is 13.0. The first-order valence-corrected chi connectivity index (χ1v) is 7.09. The number of hydrogen-bond acceptors (Lipinski definition) is 4. The van der Waals surface area contributed by atoms with E-state index in [4.69, 9.17) is 9.47 Å². The number of ether oxygens (including phenoxy) is 2. The number of nitrogens with zero attached hydrogens (tertiary/aromatic N) is 2. The van der Waals surface area contributed by atoms with Crippen molar-refractivity contribution in [2.45, 2.75) is 39.0 Å². The van der Waals surface area contributed by atoms with Crippen LogP contribution < -0.4 is 10.1 Å². The fourth-order valence-electron chi connectivity index (χ4n) is 2.53. The van der Waals surface area contributed by atoms with E-state index in [0.717, 1.165) is 5.56 Å². The molecule has 2 rings (SSSR count). The third kappa shape index (κ3) is 4.32. The average molecular weight is 293 g/mol. The van der Waals surface area contributed by atoms with Gasteiger partial charge in [-0.3, -0.25) is 0 Å². The fraction of sp³-hybridized carbons (Fsp3) is 0.600. The zero-order chi connectivity index (χ0) is 15.5. The lowest BCUT2D eigenvalue weighted by Crippen LogP contribution is -2.56. The molecule has 6 nitrogen and oxygen atoms in total. The molecule has 2 amide bonds. The van der Waals surface area contributed by atoms with Gasteiger partial charge in [0.05, 0.1) is 25.4 Å². The van der Waals surface area contributed by atoms with Gasteiger partial charge in [0, 0.05) is 25.4 Å². The number of pyridine rings is 1. The molecular formula is C15H23N3O3. The van der Waals surface area contributed by atoms with Crippen LogP contribution in [0.4, 0.5) is 4.79 Å². The molecule has 1 aromatic rings. The van der Waals surface area contributed by atoms with E-state index in [1.54, 1.807) is 24.3 Å². The van der Waals surface area contributed by atoms with Crippen LogP contribution >= 0.6 is 0 Å². The third-order valence-corrected chi connectivity index (χ3v) is 3.31. The molecule has 1 aliphatic rings. The predicted octanol–water partition coefficient (Wildman–Crippen LogP) is 1.80. The van der Waals surface area contributed by atoms with Gasteiger partial charge < -0.3 is 19.7 Å². The number of aromatic nitrogens is 1. The summed E-state index contributed by atoms with van der Waals surface area (Å²) in [5, 5.41) is 2.92. The van der Waals surface area contributed by atoms with Gasteiger partial charge in [0.25, 0.3) is 0 Å². The van der Waals surface area contributed by atoms with Crippen LogP contribution in [0.2, 0.25) is 0 Å². The Labute approximate surface area is 125 Å². The number of rotatable bonds is 3. The molecule has 0 saturated carbocycles. The van der Waals surface area contributed by atoms with E-state index in [2.05, 4.69) is 10.3 Å². The van der Waals surface area contributed by atoms with Gasteiger partial charge in [-0.25, -0.2) is 9.78 Å². The molecule has 1 unspecified atom stereocenters. The highest BCUT2D eigenvalue weighted by Gasteiger charge is 2.33. The largest absolute Gasteiger partial charge is 0.481 e. The topological polar surface area (TPSA) is 63.7 Å². The van der Waals surface area contributed by atoms with E-state index in [0.29, 0.717) is 25.5 Å². The van der Waals surface area contributed by atoms with Crippen LogP contribution in [0, 0.1) is 0 Å². The second-order valence-corrected chi connectivity index (χ2v) is 5.94. The Kier molecular flexibility index (Phi) is 4.67. The summed E-state index contributed by atoms with van der Waals surface area (Å²) in [6.45, 7) is 7.61. The second-order valence-electron chi connectivity index (χ2n) is 5.94. The molecule has 0 spiro atoms.